The molecule has 78 heavy (non-hydrogen) atoms. The van der Waals surface area contributed by atoms with Crippen LogP contribution in [0.4, 0.5) is 5.69 Å². The largest absolute Gasteiger partial charge is 0.380 e. The molecular formula is C58H86N8O11S. The van der Waals surface area contributed by atoms with Gasteiger partial charge in [0.25, 0.3) is 27.7 Å². The van der Waals surface area contributed by atoms with E-state index in [0.717, 1.165) is 5.56 Å². The van der Waals surface area contributed by atoms with Gasteiger partial charge in [0, 0.05) is 60.8 Å². The number of anilines is 1. The highest BCUT2D eigenvalue weighted by Gasteiger charge is 2.43. The monoisotopic (exact) mass is 1100 g/mol. The van der Waals surface area contributed by atoms with Crippen LogP contribution >= 0.6 is 0 Å². The van der Waals surface area contributed by atoms with Gasteiger partial charge < -0.3 is 35.8 Å². The van der Waals surface area contributed by atoms with Crippen LogP contribution in [-0.2, 0) is 58.5 Å². The maximum atomic E-state index is 14.4. The molecule has 2 aliphatic rings. The van der Waals surface area contributed by atoms with Crippen LogP contribution in [0.2, 0.25) is 0 Å². The number of imide groups is 1. The molecule has 0 saturated carbocycles. The van der Waals surface area contributed by atoms with Crippen molar-refractivity contribution in [2.45, 2.75) is 163 Å². The molecular weight excluding hydrogens is 1020 g/mol. The molecule has 0 aliphatic carbocycles. The van der Waals surface area contributed by atoms with Crippen molar-refractivity contribution in [3.05, 3.63) is 84.0 Å². The molecule has 2 heterocycles. The SMILES string of the molecule is CCC(C)(COCC(C)(CC)CN1C(=O)C=CC1=O)CC(=O)N[C@@H](C)C(=O)N1CCC[C@H]1C(=O)Nc1ccc(S(=O)(=O)NC(=O)/C(C)=C/[C@H](C(C)C)N(C)C(=O)[C@@H](NC(=O)[C@@H](NC)C(C)(C)c2ccccc2)C(C)(C)C)cc1. The Bertz CT molecular complexity index is 2670. The lowest BCUT2D eigenvalue weighted by Crippen LogP contribution is -2.61. The van der Waals surface area contributed by atoms with Gasteiger partial charge in [-0.3, -0.25) is 43.3 Å². The number of ether oxygens (including phenoxy) is 1. The Labute approximate surface area is 462 Å². The van der Waals surface area contributed by atoms with Crippen LogP contribution in [0.1, 0.15) is 128 Å². The molecule has 0 radical (unpaired) electrons. The highest BCUT2D eigenvalue weighted by molar-refractivity contribution is 7.90. The fourth-order valence-electron chi connectivity index (χ4n) is 9.71. The maximum Gasteiger partial charge on any atom is 0.264 e. The van der Waals surface area contributed by atoms with Gasteiger partial charge in [0.15, 0.2) is 0 Å². The average Bonchev–Trinajstić information content (AvgIpc) is 3.99. The van der Waals surface area contributed by atoms with E-state index in [4.69, 9.17) is 4.74 Å². The number of carbonyl (C=O) groups is 8. The molecule has 1 saturated heterocycles. The van der Waals surface area contributed by atoms with Crippen molar-refractivity contribution >= 4 is 63.0 Å². The van der Waals surface area contributed by atoms with Crippen molar-refractivity contribution in [1.29, 1.82) is 0 Å². The summed E-state index contributed by atoms with van der Waals surface area (Å²) in [7, 11) is -1.14. The molecule has 430 valence electrons. The summed E-state index contributed by atoms with van der Waals surface area (Å²) >= 11 is 0. The molecule has 0 spiro atoms. The van der Waals surface area contributed by atoms with E-state index >= 15 is 0 Å². The number of hydrogen-bond acceptors (Lipinski definition) is 12. The Morgan fingerprint density at radius 1 is 0.821 bits per heavy atom. The first-order valence-electron chi connectivity index (χ1n) is 26.9. The number of likely N-dealkylation sites (N-methyl/N-ethyl adjacent to an activating group) is 2. The van der Waals surface area contributed by atoms with Crippen molar-refractivity contribution < 1.29 is 51.5 Å². The van der Waals surface area contributed by atoms with Gasteiger partial charge in [-0.1, -0.05) is 113 Å². The Morgan fingerprint density at radius 3 is 1.94 bits per heavy atom. The van der Waals surface area contributed by atoms with E-state index in [1.165, 1.54) is 64.1 Å². The van der Waals surface area contributed by atoms with Gasteiger partial charge >= 0.3 is 0 Å². The molecule has 5 N–H and O–H groups in total. The minimum atomic E-state index is -4.43. The molecule has 7 atom stereocenters. The Kier molecular flexibility index (Phi) is 21.9. The Balaban J connectivity index is 1.35. The van der Waals surface area contributed by atoms with Crippen LogP contribution in [0.5, 0.6) is 0 Å². The number of rotatable bonds is 26. The second kappa shape index (κ2) is 26.6. The van der Waals surface area contributed by atoms with Crippen molar-refractivity contribution in [1.82, 2.24) is 35.4 Å². The molecule has 20 heteroatoms. The summed E-state index contributed by atoms with van der Waals surface area (Å²) in [6.07, 6.45) is 6.23. The normalized spacial score (nSPS) is 18.4. The molecule has 2 unspecified atom stereocenters. The van der Waals surface area contributed by atoms with E-state index in [1.807, 2.05) is 106 Å². The summed E-state index contributed by atoms with van der Waals surface area (Å²) in [6.45, 7) is 24.9. The molecule has 19 nitrogen and oxygen atoms in total. The number of amides is 8. The van der Waals surface area contributed by atoms with E-state index in [2.05, 4.69) is 26.0 Å². The standard InChI is InChI=1S/C58H86N8O11S/c1-16-57(12,35-77-36-58(13,17-2)34-66-46(68)29-30-47(66)69)33-45(67)60-39(6)53(73)65-31-21-24-43(65)51(71)61-41-25-27-42(28-26-41)78(75,76)63-50(70)38(5)32-44(37(3)4)64(15)54(74)49(55(7,8)9)62-52(72)48(59-14)56(10,11)40-22-19-18-20-23-40/h18-20,22-23,25-30,32,37,39,43-44,48-49,59H,16-17,21,24,31,33-36H2,1-15H3,(H,60,67)(H,61,71)(H,62,72)(H,63,70)/b38-32+/t39-,43-,44+,48+,49+,57?,58?/m0/s1. The van der Waals surface area contributed by atoms with Crippen LogP contribution < -0.4 is 26.0 Å². The summed E-state index contributed by atoms with van der Waals surface area (Å²) in [6, 6.07) is 10.7. The number of likely N-dealkylation sites (tertiary alicyclic amines) is 1. The smallest absolute Gasteiger partial charge is 0.264 e. The van der Waals surface area contributed by atoms with E-state index in [-0.39, 0.29) is 78.4 Å². The summed E-state index contributed by atoms with van der Waals surface area (Å²) in [5, 5.41) is 11.7. The summed E-state index contributed by atoms with van der Waals surface area (Å²) < 4.78 is 35.3. The summed E-state index contributed by atoms with van der Waals surface area (Å²) in [4.78, 5) is 111. The first-order valence-corrected chi connectivity index (χ1v) is 28.4. The molecule has 8 amide bonds. The first-order chi connectivity index (χ1) is 36.2. The quantitative estimate of drug-likeness (QED) is 0.0570. The topological polar surface area (TPSA) is 250 Å². The van der Waals surface area contributed by atoms with E-state index < -0.39 is 85.5 Å². The third kappa shape index (κ3) is 16.4. The number of nitrogens with zero attached hydrogens (tertiary/aromatic N) is 3. The second-order valence-corrected chi connectivity index (χ2v) is 25.4. The molecule has 0 bridgehead atoms. The zero-order valence-electron chi connectivity index (χ0n) is 48.5. The maximum absolute atomic E-state index is 14.4. The molecule has 2 aromatic carbocycles. The van der Waals surface area contributed by atoms with Gasteiger partial charge in [-0.2, -0.15) is 0 Å². The van der Waals surface area contributed by atoms with Gasteiger partial charge in [0.1, 0.15) is 18.1 Å². The zero-order chi connectivity index (χ0) is 58.7. The predicted molar refractivity (Wildman–Crippen MR) is 300 cm³/mol. The number of nitrogens with one attached hydrogen (secondary N) is 5. The van der Waals surface area contributed by atoms with Gasteiger partial charge in [-0.25, -0.2) is 13.1 Å². The third-order valence-electron chi connectivity index (χ3n) is 15.3. The number of sulfonamides is 1. The van der Waals surface area contributed by atoms with Crippen molar-refractivity contribution in [2.75, 3.05) is 45.7 Å². The van der Waals surface area contributed by atoms with Crippen LogP contribution in [-0.4, -0.2) is 141 Å². The lowest BCUT2D eigenvalue weighted by molar-refractivity contribution is -0.141. The van der Waals surface area contributed by atoms with Gasteiger partial charge in [-0.15, -0.1) is 0 Å². The number of hydrogen-bond donors (Lipinski definition) is 5. The van der Waals surface area contributed by atoms with Gasteiger partial charge in [-0.05, 0) is 93.2 Å². The number of carbonyl (C=O) groups excluding carboxylic acids is 8. The minimum Gasteiger partial charge on any atom is -0.380 e. The lowest BCUT2D eigenvalue weighted by Gasteiger charge is -2.40. The number of benzene rings is 2. The van der Waals surface area contributed by atoms with Gasteiger partial charge in [0.2, 0.25) is 29.5 Å². The fourth-order valence-corrected chi connectivity index (χ4v) is 10.7. The Morgan fingerprint density at radius 2 is 1.40 bits per heavy atom. The first kappa shape index (κ1) is 64.3. The van der Waals surface area contributed by atoms with Gasteiger partial charge in [0.05, 0.1) is 30.2 Å². The molecule has 2 aliphatic heterocycles. The average molecular weight is 1100 g/mol. The minimum absolute atomic E-state index is 0.0323. The summed E-state index contributed by atoms with van der Waals surface area (Å²) in [5.74, 6) is -3.92. The molecule has 4 rings (SSSR count). The van der Waals surface area contributed by atoms with E-state index in [0.29, 0.717) is 25.7 Å². The van der Waals surface area contributed by atoms with Crippen LogP contribution in [0.15, 0.2) is 83.3 Å². The van der Waals surface area contributed by atoms with E-state index in [9.17, 15) is 46.8 Å². The highest BCUT2D eigenvalue weighted by atomic mass is 32.2. The Hall–Kier alpha value is -6.25. The molecule has 0 aromatic heterocycles. The predicted octanol–water partition coefficient (Wildman–Crippen LogP) is 5.62. The molecule has 2 aromatic rings. The van der Waals surface area contributed by atoms with E-state index in [1.54, 1.807) is 21.0 Å². The van der Waals surface area contributed by atoms with Crippen LogP contribution in [0, 0.1) is 22.2 Å². The highest BCUT2D eigenvalue weighted by Crippen LogP contribution is 2.32. The fraction of sp³-hybridized carbons (Fsp3) is 0.586. The van der Waals surface area contributed by atoms with Crippen LogP contribution in [0.25, 0.3) is 0 Å². The third-order valence-corrected chi connectivity index (χ3v) is 16.7. The van der Waals surface area contributed by atoms with Crippen molar-refractivity contribution in [2.24, 2.45) is 22.2 Å². The second-order valence-electron chi connectivity index (χ2n) is 23.7. The summed E-state index contributed by atoms with van der Waals surface area (Å²) in [5.41, 5.74) is -1.25. The molecule has 1 fully saturated rings. The van der Waals surface area contributed by atoms with Crippen LogP contribution in [0.3, 0.4) is 0 Å². The van der Waals surface area contributed by atoms with Crippen molar-refractivity contribution in [3.63, 3.8) is 0 Å². The zero-order valence-corrected chi connectivity index (χ0v) is 49.3. The lowest BCUT2D eigenvalue weighted by atomic mass is 9.76. The van der Waals surface area contributed by atoms with Crippen molar-refractivity contribution in [3.8, 4) is 0 Å².